The van der Waals surface area contributed by atoms with Gasteiger partial charge in [0.25, 0.3) is 5.56 Å². The van der Waals surface area contributed by atoms with E-state index in [1.165, 1.54) is 0 Å². The summed E-state index contributed by atoms with van der Waals surface area (Å²) in [7, 11) is 0. The highest BCUT2D eigenvalue weighted by molar-refractivity contribution is 5.24. The third-order valence-corrected chi connectivity index (χ3v) is 2.73. The minimum absolute atomic E-state index is 0.0307. The molecular formula is C14H16N2O. The first-order valence-electron chi connectivity index (χ1n) is 5.64. The molecule has 1 aromatic heterocycles. The van der Waals surface area contributed by atoms with Crippen LogP contribution >= 0.6 is 0 Å². The Morgan fingerprint density at radius 1 is 1.18 bits per heavy atom. The van der Waals surface area contributed by atoms with E-state index in [1.54, 1.807) is 10.6 Å². The van der Waals surface area contributed by atoms with Gasteiger partial charge in [0.2, 0.25) is 0 Å². The largest absolute Gasteiger partial charge is 0.326 e. The number of nitrogens with two attached hydrogens (primary N) is 1. The smallest absolute Gasteiger partial charge is 0.251 e. The van der Waals surface area contributed by atoms with E-state index in [0.29, 0.717) is 13.1 Å². The van der Waals surface area contributed by atoms with Crippen molar-refractivity contribution in [2.45, 2.75) is 20.0 Å². The molecule has 0 bridgehead atoms. The number of rotatable bonds is 3. The van der Waals surface area contributed by atoms with Crippen molar-refractivity contribution in [2.24, 2.45) is 5.73 Å². The highest BCUT2D eigenvalue weighted by atomic mass is 16.1. The van der Waals surface area contributed by atoms with Crippen LogP contribution in [0.25, 0.3) is 0 Å². The van der Waals surface area contributed by atoms with Crippen LogP contribution in [0.4, 0.5) is 0 Å². The number of aromatic nitrogens is 1. The number of hydrogen-bond donors (Lipinski definition) is 1. The molecule has 88 valence electrons. The van der Waals surface area contributed by atoms with Gasteiger partial charge in [0.05, 0.1) is 6.54 Å². The second-order valence-corrected chi connectivity index (χ2v) is 4.19. The average molecular weight is 228 g/mol. The minimum atomic E-state index is 0.0307. The second-order valence-electron chi connectivity index (χ2n) is 4.19. The Balaban J connectivity index is 2.28. The van der Waals surface area contributed by atoms with E-state index in [4.69, 9.17) is 5.73 Å². The minimum Gasteiger partial charge on any atom is -0.326 e. The van der Waals surface area contributed by atoms with Gasteiger partial charge >= 0.3 is 0 Å². The fourth-order valence-electron chi connectivity index (χ4n) is 1.79. The lowest BCUT2D eigenvalue weighted by atomic mass is 10.1. The molecule has 2 rings (SSSR count). The third kappa shape index (κ3) is 2.82. The van der Waals surface area contributed by atoms with Gasteiger partial charge < -0.3 is 10.3 Å². The van der Waals surface area contributed by atoms with Crippen molar-refractivity contribution in [2.75, 3.05) is 0 Å². The van der Waals surface area contributed by atoms with Gasteiger partial charge in [-0.15, -0.1) is 0 Å². The van der Waals surface area contributed by atoms with Crippen LogP contribution in [0.2, 0.25) is 0 Å². The Kier molecular flexibility index (Phi) is 3.40. The molecule has 17 heavy (non-hydrogen) atoms. The third-order valence-electron chi connectivity index (χ3n) is 2.73. The van der Waals surface area contributed by atoms with E-state index in [0.717, 1.165) is 16.7 Å². The molecule has 0 aliphatic carbocycles. The average Bonchev–Trinajstić information content (AvgIpc) is 2.33. The van der Waals surface area contributed by atoms with Crippen molar-refractivity contribution in [3.8, 4) is 0 Å². The highest BCUT2D eigenvalue weighted by Crippen LogP contribution is 2.06. The van der Waals surface area contributed by atoms with Crippen molar-refractivity contribution >= 4 is 0 Å². The van der Waals surface area contributed by atoms with Crippen molar-refractivity contribution in [1.29, 1.82) is 0 Å². The lowest BCUT2D eigenvalue weighted by Crippen LogP contribution is -2.19. The lowest BCUT2D eigenvalue weighted by molar-refractivity contribution is 0.755. The first kappa shape index (κ1) is 11.6. The maximum Gasteiger partial charge on any atom is 0.251 e. The molecule has 0 unspecified atom stereocenters. The van der Waals surface area contributed by atoms with Crippen molar-refractivity contribution < 1.29 is 0 Å². The molecule has 2 N–H and O–H groups in total. The van der Waals surface area contributed by atoms with Gasteiger partial charge in [0, 0.05) is 18.8 Å². The fraction of sp³-hybridized carbons (Fsp3) is 0.214. The Hall–Kier alpha value is -1.87. The first-order valence-corrected chi connectivity index (χ1v) is 5.64. The summed E-state index contributed by atoms with van der Waals surface area (Å²) < 4.78 is 1.70. The van der Waals surface area contributed by atoms with E-state index in [2.05, 4.69) is 0 Å². The second kappa shape index (κ2) is 4.97. The molecule has 0 spiro atoms. The summed E-state index contributed by atoms with van der Waals surface area (Å²) in [6, 6.07) is 11.6. The first-order chi connectivity index (χ1) is 8.19. The number of pyridine rings is 1. The molecule has 0 radical (unpaired) electrons. The molecule has 0 amide bonds. The van der Waals surface area contributed by atoms with Gasteiger partial charge in [-0.2, -0.15) is 0 Å². The Labute approximate surface area is 101 Å². The normalized spacial score (nSPS) is 10.5. The number of benzene rings is 1. The fourth-order valence-corrected chi connectivity index (χ4v) is 1.79. The predicted molar refractivity (Wildman–Crippen MR) is 68.9 cm³/mol. The maximum absolute atomic E-state index is 11.7. The summed E-state index contributed by atoms with van der Waals surface area (Å²) in [5, 5.41) is 0. The molecular weight excluding hydrogens is 212 g/mol. The van der Waals surface area contributed by atoms with Crippen LogP contribution in [0.5, 0.6) is 0 Å². The van der Waals surface area contributed by atoms with Gasteiger partial charge in [-0.05, 0) is 29.7 Å². The van der Waals surface area contributed by atoms with E-state index < -0.39 is 0 Å². The monoisotopic (exact) mass is 228 g/mol. The van der Waals surface area contributed by atoms with E-state index >= 15 is 0 Å². The molecule has 0 fully saturated rings. The van der Waals surface area contributed by atoms with Crippen molar-refractivity contribution in [3.05, 3.63) is 69.6 Å². The summed E-state index contributed by atoms with van der Waals surface area (Å²) in [5.74, 6) is 0. The molecule has 3 heteroatoms. The van der Waals surface area contributed by atoms with Crippen molar-refractivity contribution in [1.82, 2.24) is 4.57 Å². The summed E-state index contributed by atoms with van der Waals surface area (Å²) in [6.07, 6.45) is 1.83. The molecule has 1 heterocycles. The lowest BCUT2D eigenvalue weighted by Gasteiger charge is -2.07. The quantitative estimate of drug-likeness (QED) is 0.868. The van der Waals surface area contributed by atoms with Crippen LogP contribution in [0.1, 0.15) is 16.7 Å². The Morgan fingerprint density at radius 2 is 1.94 bits per heavy atom. The number of nitrogens with zero attached hydrogens (tertiary/aromatic N) is 1. The highest BCUT2D eigenvalue weighted by Gasteiger charge is 1.99. The van der Waals surface area contributed by atoms with Crippen molar-refractivity contribution in [3.63, 3.8) is 0 Å². The molecule has 2 aromatic rings. The maximum atomic E-state index is 11.7. The zero-order valence-electron chi connectivity index (χ0n) is 9.89. The molecule has 0 aliphatic heterocycles. The van der Waals surface area contributed by atoms with Gasteiger partial charge in [-0.3, -0.25) is 4.79 Å². The van der Waals surface area contributed by atoms with Crippen LogP contribution in [-0.4, -0.2) is 4.57 Å². The van der Waals surface area contributed by atoms with Gasteiger partial charge in [0.15, 0.2) is 0 Å². The van der Waals surface area contributed by atoms with Gasteiger partial charge in [-0.1, -0.05) is 24.3 Å². The summed E-state index contributed by atoms with van der Waals surface area (Å²) >= 11 is 0. The number of aryl methyl sites for hydroxylation is 1. The summed E-state index contributed by atoms with van der Waals surface area (Å²) in [5.41, 5.74) is 8.79. The Morgan fingerprint density at radius 3 is 2.65 bits per heavy atom. The van der Waals surface area contributed by atoms with Crippen LogP contribution in [0, 0.1) is 6.92 Å². The Bertz CT molecular complexity index is 572. The van der Waals surface area contributed by atoms with Crippen LogP contribution < -0.4 is 11.3 Å². The summed E-state index contributed by atoms with van der Waals surface area (Å²) in [4.78, 5) is 11.7. The zero-order chi connectivity index (χ0) is 12.3. The van der Waals surface area contributed by atoms with Crippen LogP contribution in [0.15, 0.2) is 47.4 Å². The molecule has 0 aliphatic rings. The standard InChI is InChI=1S/C14H16N2O/c1-11-5-6-16(14(17)7-11)10-13-4-2-3-12(8-13)9-15/h2-8H,9-10,15H2,1H3. The van der Waals surface area contributed by atoms with E-state index in [-0.39, 0.29) is 5.56 Å². The van der Waals surface area contributed by atoms with Crippen LogP contribution in [-0.2, 0) is 13.1 Å². The van der Waals surface area contributed by atoms with Gasteiger partial charge in [-0.25, -0.2) is 0 Å². The molecule has 3 nitrogen and oxygen atoms in total. The zero-order valence-corrected chi connectivity index (χ0v) is 9.89. The topological polar surface area (TPSA) is 48.0 Å². The van der Waals surface area contributed by atoms with Crippen LogP contribution in [0.3, 0.4) is 0 Å². The predicted octanol–water partition coefficient (Wildman–Crippen LogP) is 1.66. The van der Waals surface area contributed by atoms with Gasteiger partial charge in [0.1, 0.15) is 0 Å². The molecule has 0 saturated carbocycles. The summed E-state index contributed by atoms with van der Waals surface area (Å²) in [6.45, 7) is 3.03. The van der Waals surface area contributed by atoms with E-state index in [9.17, 15) is 4.79 Å². The molecule has 0 atom stereocenters. The SMILES string of the molecule is Cc1ccn(Cc2cccc(CN)c2)c(=O)c1. The molecule has 1 aromatic carbocycles. The molecule has 0 saturated heterocycles. The number of hydrogen-bond acceptors (Lipinski definition) is 2. The van der Waals surface area contributed by atoms with E-state index in [1.807, 2.05) is 43.5 Å².